The fraction of sp³-hybridized carbons (Fsp3) is 0.276. The van der Waals surface area contributed by atoms with Crippen LogP contribution < -0.4 is 25.7 Å². The molecule has 0 fully saturated rings. The van der Waals surface area contributed by atoms with Gasteiger partial charge in [-0.05, 0) is 79.1 Å². The van der Waals surface area contributed by atoms with Gasteiger partial charge < -0.3 is 30.4 Å². The van der Waals surface area contributed by atoms with Gasteiger partial charge in [0.15, 0.2) is 0 Å². The maximum Gasteiger partial charge on any atom is 0.426 e. The van der Waals surface area contributed by atoms with E-state index in [9.17, 15) is 26.7 Å². The molecule has 0 radical (unpaired) electrons. The lowest BCUT2D eigenvalue weighted by Crippen LogP contribution is -2.21. The van der Waals surface area contributed by atoms with Crippen LogP contribution in [0.4, 0.5) is 33.3 Å². The number of hydrogen-bond acceptors (Lipinski definition) is 7. The number of esters is 1. The van der Waals surface area contributed by atoms with Crippen molar-refractivity contribution in [3.05, 3.63) is 83.9 Å². The fourth-order valence-corrected chi connectivity index (χ4v) is 3.42. The average Bonchev–Trinajstić information content (AvgIpc) is 2.91. The number of nitrogens with two attached hydrogens (primary N) is 2. The van der Waals surface area contributed by atoms with Gasteiger partial charge in [0.25, 0.3) is 0 Å². The predicted octanol–water partition coefficient (Wildman–Crippen LogP) is 6.73. The quantitative estimate of drug-likeness (QED) is 0.0716. The third-order valence-electron chi connectivity index (χ3n) is 5.47. The predicted molar refractivity (Wildman–Crippen MR) is 144 cm³/mol. The van der Waals surface area contributed by atoms with Crippen molar-refractivity contribution in [3.63, 3.8) is 0 Å². The Morgan fingerprint density at radius 3 is 2.12 bits per heavy atom. The smallest absolute Gasteiger partial charge is 0.426 e. The number of hydrogen-bond donors (Lipinski definition) is 2. The number of anilines is 2. The molecule has 41 heavy (non-hydrogen) atoms. The first-order chi connectivity index (χ1) is 19.4. The number of unbranched alkanes of at least 4 members (excludes halogenated alkanes) is 1. The first-order valence-corrected chi connectivity index (χ1v) is 12.5. The third-order valence-corrected chi connectivity index (χ3v) is 5.47. The van der Waals surface area contributed by atoms with Crippen LogP contribution in [0.25, 0.3) is 6.08 Å². The molecule has 12 heteroatoms. The van der Waals surface area contributed by atoms with E-state index in [1.807, 2.05) is 0 Å². The number of ether oxygens (including phenoxy) is 4. The Labute approximate surface area is 233 Å². The van der Waals surface area contributed by atoms with Gasteiger partial charge in [-0.2, -0.15) is 22.0 Å². The molecule has 4 N–H and O–H groups in total. The summed E-state index contributed by atoms with van der Waals surface area (Å²) in [5, 5.41) is 0. The lowest BCUT2D eigenvalue weighted by Gasteiger charge is -2.18. The van der Waals surface area contributed by atoms with Crippen LogP contribution in [0, 0.1) is 0 Å². The molecule has 0 aliphatic heterocycles. The van der Waals surface area contributed by atoms with Gasteiger partial charge in [0.2, 0.25) is 0 Å². The van der Waals surface area contributed by atoms with Crippen LogP contribution in [-0.4, -0.2) is 32.0 Å². The minimum atomic E-state index is -4.22. The van der Waals surface area contributed by atoms with Crippen molar-refractivity contribution < 1.29 is 45.7 Å². The van der Waals surface area contributed by atoms with Crippen molar-refractivity contribution >= 4 is 23.4 Å². The molecule has 0 aliphatic rings. The number of alkyl halides is 5. The van der Waals surface area contributed by atoms with Crippen molar-refractivity contribution in [3.8, 4) is 17.2 Å². The van der Waals surface area contributed by atoms with Gasteiger partial charge in [-0.3, -0.25) is 0 Å². The molecular formula is C29H29F5N2O5. The highest BCUT2D eigenvalue weighted by Crippen LogP contribution is 2.33. The maximum atomic E-state index is 14.6. The van der Waals surface area contributed by atoms with E-state index in [1.165, 1.54) is 48.6 Å². The second-order valence-electron chi connectivity index (χ2n) is 8.78. The summed E-state index contributed by atoms with van der Waals surface area (Å²) < 4.78 is 86.3. The Bertz CT molecular complexity index is 1300. The topological polar surface area (TPSA) is 106 Å². The zero-order chi connectivity index (χ0) is 29.9. The molecule has 0 saturated carbocycles. The summed E-state index contributed by atoms with van der Waals surface area (Å²) in [5.74, 6) is -0.0652. The molecule has 0 heterocycles. The second-order valence-corrected chi connectivity index (χ2v) is 8.78. The summed E-state index contributed by atoms with van der Waals surface area (Å²) in [7, 11) is 0. The lowest BCUT2D eigenvalue weighted by atomic mass is 10.2. The van der Waals surface area contributed by atoms with Crippen molar-refractivity contribution in [2.24, 2.45) is 0 Å². The van der Waals surface area contributed by atoms with Gasteiger partial charge >= 0.3 is 18.3 Å². The number of nitrogen functional groups attached to an aromatic ring is 2. The zero-order valence-corrected chi connectivity index (χ0v) is 21.8. The minimum Gasteiger partial charge on any atom is -0.494 e. The molecule has 0 unspecified atom stereocenters. The summed E-state index contributed by atoms with van der Waals surface area (Å²) >= 11 is 0. The van der Waals surface area contributed by atoms with E-state index in [0.717, 1.165) is 12.1 Å². The van der Waals surface area contributed by atoms with Crippen LogP contribution in [0.3, 0.4) is 0 Å². The van der Waals surface area contributed by atoms with E-state index in [-0.39, 0.29) is 44.2 Å². The van der Waals surface area contributed by atoms with E-state index in [4.69, 9.17) is 30.4 Å². The van der Waals surface area contributed by atoms with Gasteiger partial charge in [-0.25, -0.2) is 4.79 Å². The monoisotopic (exact) mass is 580 g/mol. The molecule has 3 aromatic carbocycles. The molecule has 0 spiro atoms. The Kier molecular flexibility index (Phi) is 10.8. The van der Waals surface area contributed by atoms with Crippen molar-refractivity contribution in [1.82, 2.24) is 0 Å². The molecule has 0 amide bonds. The molecule has 0 atom stereocenters. The molecule has 7 nitrogen and oxygen atoms in total. The molecular weight excluding hydrogens is 551 g/mol. The SMILES string of the molecule is Nc1ccc(OCCOC(=O)/C=C/c2ccc(OC(F)(F)c3ccc(OCCCCC(F)(F)F)cc3)cc2)c(N)c1. The van der Waals surface area contributed by atoms with E-state index < -0.39 is 30.2 Å². The first kappa shape index (κ1) is 31.1. The Morgan fingerprint density at radius 1 is 0.780 bits per heavy atom. The number of halogens is 5. The van der Waals surface area contributed by atoms with Gasteiger partial charge in [0.05, 0.1) is 17.9 Å². The molecule has 3 aromatic rings. The molecule has 220 valence electrons. The third kappa shape index (κ3) is 10.9. The average molecular weight is 581 g/mol. The van der Waals surface area contributed by atoms with E-state index >= 15 is 0 Å². The molecule has 0 aromatic heterocycles. The summed E-state index contributed by atoms with van der Waals surface area (Å²) in [5.41, 5.74) is 12.4. The number of carbonyl (C=O) groups excluding carboxylic acids is 1. The highest BCUT2D eigenvalue weighted by atomic mass is 19.4. The van der Waals surface area contributed by atoms with Crippen LogP contribution in [0.5, 0.6) is 17.2 Å². The van der Waals surface area contributed by atoms with Crippen LogP contribution in [-0.2, 0) is 15.6 Å². The van der Waals surface area contributed by atoms with Gasteiger partial charge in [0.1, 0.15) is 30.5 Å². The van der Waals surface area contributed by atoms with Crippen molar-refractivity contribution in [1.29, 1.82) is 0 Å². The minimum absolute atomic E-state index is 0.0239. The number of rotatable bonds is 14. The van der Waals surface area contributed by atoms with Gasteiger partial charge in [-0.15, -0.1) is 0 Å². The molecule has 0 bridgehead atoms. The Hall–Kier alpha value is -4.48. The summed E-state index contributed by atoms with van der Waals surface area (Å²) in [6, 6.07) is 15.2. The standard InChI is InChI=1S/C29H29F5N2O5/c30-28(31,32)15-1-2-16-38-23-11-6-21(7-12-23)29(33,34)41-24-9-3-20(4-10-24)5-14-27(37)40-18-17-39-26-13-8-22(35)19-25(26)36/h3-14,19H,1-2,15-18,35-36H2/b14-5+. The summed E-state index contributed by atoms with van der Waals surface area (Å²) in [6.07, 6.45) is -6.04. The number of carbonyl (C=O) groups is 1. The van der Waals surface area contributed by atoms with Crippen LogP contribution in [0.15, 0.2) is 72.8 Å². The molecule has 3 rings (SSSR count). The van der Waals surface area contributed by atoms with Crippen LogP contribution >= 0.6 is 0 Å². The van der Waals surface area contributed by atoms with Gasteiger partial charge in [0, 0.05) is 18.2 Å². The molecule has 0 saturated heterocycles. The normalized spacial score (nSPS) is 11.8. The van der Waals surface area contributed by atoms with E-state index in [1.54, 1.807) is 18.2 Å². The first-order valence-electron chi connectivity index (χ1n) is 12.5. The maximum absolute atomic E-state index is 14.6. The summed E-state index contributed by atoms with van der Waals surface area (Å²) in [4.78, 5) is 11.9. The van der Waals surface area contributed by atoms with E-state index in [0.29, 0.717) is 22.7 Å². The fourth-order valence-electron chi connectivity index (χ4n) is 3.42. The Balaban J connectivity index is 1.41. The highest BCUT2D eigenvalue weighted by molar-refractivity contribution is 5.87. The van der Waals surface area contributed by atoms with Gasteiger partial charge in [-0.1, -0.05) is 12.1 Å². The lowest BCUT2D eigenvalue weighted by molar-refractivity contribution is -0.185. The number of benzene rings is 3. The Morgan fingerprint density at radius 2 is 1.46 bits per heavy atom. The summed E-state index contributed by atoms with van der Waals surface area (Å²) in [6.45, 7) is 0.0916. The van der Waals surface area contributed by atoms with Crippen molar-refractivity contribution in [2.75, 3.05) is 31.3 Å². The highest BCUT2D eigenvalue weighted by Gasteiger charge is 2.34. The van der Waals surface area contributed by atoms with Crippen molar-refractivity contribution in [2.45, 2.75) is 31.5 Å². The largest absolute Gasteiger partial charge is 0.494 e. The van der Waals surface area contributed by atoms with E-state index in [2.05, 4.69) is 0 Å². The van der Waals surface area contributed by atoms with Crippen LogP contribution in [0.2, 0.25) is 0 Å². The van der Waals surface area contributed by atoms with Crippen LogP contribution in [0.1, 0.15) is 30.4 Å². The second kappa shape index (κ2) is 14.2. The molecule has 0 aliphatic carbocycles. The zero-order valence-electron chi connectivity index (χ0n) is 21.8.